The van der Waals surface area contributed by atoms with Gasteiger partial charge < -0.3 is 19.3 Å². The number of benzene rings is 2. The lowest BCUT2D eigenvalue weighted by atomic mass is 9.90. The molecular weight excluding hydrogens is 364 g/mol. The van der Waals surface area contributed by atoms with Crippen LogP contribution in [0.25, 0.3) is 0 Å². The summed E-state index contributed by atoms with van der Waals surface area (Å²) in [4.78, 5) is 17.4. The third-order valence-electron chi connectivity index (χ3n) is 6.20. The molecule has 154 valence electrons. The first-order valence-corrected chi connectivity index (χ1v) is 10.5. The maximum atomic E-state index is 13.0. The molecule has 4 rings (SSSR count). The quantitative estimate of drug-likeness (QED) is 0.713. The zero-order valence-corrected chi connectivity index (χ0v) is 17.3. The Morgan fingerprint density at radius 1 is 0.897 bits per heavy atom. The Morgan fingerprint density at radius 3 is 1.97 bits per heavy atom. The number of amides is 1. The summed E-state index contributed by atoms with van der Waals surface area (Å²) in [5, 5.41) is 0. The number of methoxy groups -OCH3 is 2. The first-order chi connectivity index (χ1) is 14.2. The highest BCUT2D eigenvalue weighted by molar-refractivity contribution is 5.77. The maximum absolute atomic E-state index is 13.0. The van der Waals surface area contributed by atoms with E-state index in [1.54, 1.807) is 14.2 Å². The van der Waals surface area contributed by atoms with Crippen LogP contribution in [-0.2, 0) is 4.79 Å². The molecule has 0 spiro atoms. The SMILES string of the molecule is COc1ccc(C(CC(=O)N2CCN(c3ccc(OC)cc3)CC2)C2CC2)cc1. The van der Waals surface area contributed by atoms with Gasteiger partial charge in [0.2, 0.25) is 5.91 Å². The monoisotopic (exact) mass is 394 g/mol. The van der Waals surface area contributed by atoms with Crippen molar-refractivity contribution in [3.63, 3.8) is 0 Å². The number of carbonyl (C=O) groups excluding carboxylic acids is 1. The van der Waals surface area contributed by atoms with Crippen LogP contribution >= 0.6 is 0 Å². The molecule has 0 aromatic heterocycles. The lowest BCUT2D eigenvalue weighted by molar-refractivity contribution is -0.132. The molecule has 0 radical (unpaired) electrons. The first kappa shape index (κ1) is 19.6. The summed E-state index contributed by atoms with van der Waals surface area (Å²) in [7, 11) is 3.36. The minimum Gasteiger partial charge on any atom is -0.497 e. The van der Waals surface area contributed by atoms with Crippen LogP contribution in [0.1, 0.15) is 30.7 Å². The van der Waals surface area contributed by atoms with E-state index < -0.39 is 0 Å². The van der Waals surface area contributed by atoms with Gasteiger partial charge in [0.05, 0.1) is 14.2 Å². The van der Waals surface area contributed by atoms with Gasteiger partial charge in [-0.15, -0.1) is 0 Å². The van der Waals surface area contributed by atoms with E-state index in [0.717, 1.165) is 37.7 Å². The Labute approximate surface area is 173 Å². The summed E-state index contributed by atoms with van der Waals surface area (Å²) < 4.78 is 10.5. The van der Waals surface area contributed by atoms with E-state index in [0.29, 0.717) is 18.3 Å². The van der Waals surface area contributed by atoms with E-state index in [1.165, 1.54) is 24.1 Å². The summed E-state index contributed by atoms with van der Waals surface area (Å²) in [6.07, 6.45) is 3.07. The van der Waals surface area contributed by atoms with Crippen molar-refractivity contribution in [3.05, 3.63) is 54.1 Å². The lowest BCUT2D eigenvalue weighted by Gasteiger charge is -2.36. The van der Waals surface area contributed by atoms with Gasteiger partial charge in [-0.3, -0.25) is 4.79 Å². The van der Waals surface area contributed by atoms with Crippen molar-refractivity contribution in [2.24, 2.45) is 5.92 Å². The molecule has 1 aliphatic carbocycles. The number of carbonyl (C=O) groups is 1. The second kappa shape index (κ2) is 8.76. The maximum Gasteiger partial charge on any atom is 0.223 e. The summed E-state index contributed by atoms with van der Waals surface area (Å²) in [5.41, 5.74) is 2.45. The molecule has 5 heteroatoms. The van der Waals surface area contributed by atoms with Gasteiger partial charge in [0.15, 0.2) is 0 Å². The number of piperazine rings is 1. The van der Waals surface area contributed by atoms with E-state index in [9.17, 15) is 4.79 Å². The molecule has 1 saturated carbocycles. The van der Waals surface area contributed by atoms with Crippen LogP contribution in [0.3, 0.4) is 0 Å². The fourth-order valence-electron chi connectivity index (χ4n) is 4.23. The van der Waals surface area contributed by atoms with Crippen molar-refractivity contribution < 1.29 is 14.3 Å². The molecule has 1 heterocycles. The molecule has 2 fully saturated rings. The molecular formula is C24H30N2O3. The van der Waals surface area contributed by atoms with Crippen molar-refractivity contribution in [2.45, 2.75) is 25.2 Å². The van der Waals surface area contributed by atoms with Crippen LogP contribution < -0.4 is 14.4 Å². The molecule has 2 aromatic rings. The van der Waals surface area contributed by atoms with E-state index in [-0.39, 0.29) is 5.91 Å². The van der Waals surface area contributed by atoms with E-state index in [2.05, 4.69) is 29.2 Å². The smallest absolute Gasteiger partial charge is 0.223 e. The Kier molecular flexibility index (Phi) is 5.93. The summed E-state index contributed by atoms with van der Waals surface area (Å²) in [6.45, 7) is 3.30. The molecule has 1 saturated heterocycles. The topological polar surface area (TPSA) is 42.0 Å². The molecule has 1 amide bonds. The van der Waals surface area contributed by atoms with Crippen LogP contribution in [0.4, 0.5) is 5.69 Å². The molecule has 1 aliphatic heterocycles. The van der Waals surface area contributed by atoms with Crippen LogP contribution in [0.5, 0.6) is 11.5 Å². The van der Waals surface area contributed by atoms with Gasteiger partial charge in [0, 0.05) is 38.3 Å². The van der Waals surface area contributed by atoms with Crippen molar-refractivity contribution in [2.75, 3.05) is 45.3 Å². The van der Waals surface area contributed by atoms with Crippen LogP contribution in [0.15, 0.2) is 48.5 Å². The van der Waals surface area contributed by atoms with Crippen LogP contribution in [-0.4, -0.2) is 51.2 Å². The molecule has 1 unspecified atom stereocenters. The fourth-order valence-corrected chi connectivity index (χ4v) is 4.23. The van der Waals surface area contributed by atoms with Crippen LogP contribution in [0, 0.1) is 5.92 Å². The highest BCUT2D eigenvalue weighted by Gasteiger charge is 2.35. The third-order valence-corrected chi connectivity index (χ3v) is 6.20. The molecule has 2 aromatic carbocycles. The normalized spacial score (nSPS) is 17.7. The van der Waals surface area contributed by atoms with Gasteiger partial charge in [-0.25, -0.2) is 0 Å². The van der Waals surface area contributed by atoms with Gasteiger partial charge in [-0.1, -0.05) is 12.1 Å². The number of nitrogens with zero attached hydrogens (tertiary/aromatic N) is 2. The van der Waals surface area contributed by atoms with Gasteiger partial charge in [0.1, 0.15) is 11.5 Å². The highest BCUT2D eigenvalue weighted by Crippen LogP contribution is 2.45. The van der Waals surface area contributed by atoms with Crippen molar-refractivity contribution in [1.29, 1.82) is 0 Å². The average Bonchev–Trinajstić information content (AvgIpc) is 3.63. The van der Waals surface area contributed by atoms with Crippen molar-refractivity contribution >= 4 is 11.6 Å². The van der Waals surface area contributed by atoms with Gasteiger partial charge >= 0.3 is 0 Å². The summed E-state index contributed by atoms with van der Waals surface area (Å²) in [5.74, 6) is 2.99. The Balaban J connectivity index is 1.34. The zero-order chi connectivity index (χ0) is 20.2. The zero-order valence-electron chi connectivity index (χ0n) is 17.3. The average molecular weight is 395 g/mol. The Bertz CT molecular complexity index is 807. The first-order valence-electron chi connectivity index (χ1n) is 10.5. The largest absolute Gasteiger partial charge is 0.497 e. The van der Waals surface area contributed by atoms with Gasteiger partial charge in [-0.2, -0.15) is 0 Å². The minimum atomic E-state index is 0.284. The molecule has 5 nitrogen and oxygen atoms in total. The standard InChI is InChI=1S/C24H30N2O3/c1-28-21-9-5-19(6-10-21)23(18-3-4-18)17-24(27)26-15-13-25(14-16-26)20-7-11-22(29-2)12-8-20/h5-12,18,23H,3-4,13-17H2,1-2H3. The molecule has 0 N–H and O–H groups in total. The summed E-state index contributed by atoms with van der Waals surface area (Å²) in [6, 6.07) is 16.4. The third kappa shape index (κ3) is 4.66. The fraction of sp³-hybridized carbons (Fsp3) is 0.458. The van der Waals surface area contributed by atoms with Gasteiger partial charge in [-0.05, 0) is 66.6 Å². The molecule has 1 atom stereocenters. The minimum absolute atomic E-state index is 0.284. The lowest BCUT2D eigenvalue weighted by Crippen LogP contribution is -2.49. The molecule has 2 aliphatic rings. The highest BCUT2D eigenvalue weighted by atomic mass is 16.5. The second-order valence-electron chi connectivity index (χ2n) is 7.99. The predicted octanol–water partition coefficient (Wildman–Crippen LogP) is 3.94. The number of rotatable bonds is 7. The second-order valence-corrected chi connectivity index (χ2v) is 7.99. The van der Waals surface area contributed by atoms with E-state index >= 15 is 0 Å². The number of hydrogen-bond donors (Lipinski definition) is 0. The number of ether oxygens (including phenoxy) is 2. The Hall–Kier alpha value is -2.69. The van der Waals surface area contributed by atoms with E-state index in [4.69, 9.17) is 9.47 Å². The summed E-state index contributed by atoms with van der Waals surface area (Å²) >= 11 is 0. The predicted molar refractivity (Wildman–Crippen MR) is 115 cm³/mol. The number of anilines is 1. The van der Waals surface area contributed by atoms with E-state index in [1.807, 2.05) is 29.2 Å². The van der Waals surface area contributed by atoms with Crippen molar-refractivity contribution in [1.82, 2.24) is 4.90 Å². The van der Waals surface area contributed by atoms with Crippen LogP contribution in [0.2, 0.25) is 0 Å². The number of hydrogen-bond acceptors (Lipinski definition) is 4. The molecule has 29 heavy (non-hydrogen) atoms. The Morgan fingerprint density at radius 2 is 1.45 bits per heavy atom. The molecule has 0 bridgehead atoms. The van der Waals surface area contributed by atoms with Gasteiger partial charge in [0.25, 0.3) is 0 Å². The van der Waals surface area contributed by atoms with Crippen molar-refractivity contribution in [3.8, 4) is 11.5 Å².